The monoisotopic (exact) mass is 271 g/mol. The predicted octanol–water partition coefficient (Wildman–Crippen LogP) is 1.83. The number of carbonyl (C=O) groups excluding carboxylic acids is 1. The van der Waals surface area contributed by atoms with Crippen LogP contribution in [0.3, 0.4) is 0 Å². The molecule has 2 aromatic rings. The van der Waals surface area contributed by atoms with Crippen molar-refractivity contribution in [2.45, 2.75) is 12.5 Å². The first-order valence-electron chi connectivity index (χ1n) is 6.42. The number of hydrogen-bond donors (Lipinski definition) is 2. The maximum absolute atomic E-state index is 11.9. The van der Waals surface area contributed by atoms with E-state index in [1.807, 2.05) is 30.3 Å². The summed E-state index contributed by atoms with van der Waals surface area (Å²) in [5.74, 6) is -0.0146. The van der Waals surface area contributed by atoms with Crippen molar-refractivity contribution < 1.29 is 14.6 Å². The minimum Gasteiger partial charge on any atom is -0.426 e. The van der Waals surface area contributed by atoms with E-state index in [1.165, 1.54) is 0 Å². The summed E-state index contributed by atoms with van der Waals surface area (Å²) in [7, 11) is 0. The second-order valence-corrected chi connectivity index (χ2v) is 4.43. The zero-order chi connectivity index (χ0) is 14.4. The minimum absolute atomic E-state index is 0.0766. The van der Waals surface area contributed by atoms with Crippen LogP contribution >= 0.6 is 0 Å². The second kappa shape index (κ2) is 6.84. The topological polar surface area (TPSA) is 72.6 Å². The molecular weight excluding hydrogens is 254 g/mol. The highest BCUT2D eigenvalue weighted by molar-refractivity contribution is 5.75. The smallest absolute Gasteiger partial charge is 0.315 e. The summed E-state index contributed by atoms with van der Waals surface area (Å²) in [4.78, 5) is 11.9. The van der Waals surface area contributed by atoms with E-state index >= 15 is 0 Å². The Kier molecular flexibility index (Phi) is 4.87. The molecule has 0 fully saturated rings. The molecule has 1 atom stereocenters. The molecule has 0 saturated heterocycles. The molecular formula is C16H17NO3. The maximum atomic E-state index is 11.9. The molecule has 20 heavy (non-hydrogen) atoms. The fourth-order valence-electron chi connectivity index (χ4n) is 1.90. The molecule has 0 amide bonds. The van der Waals surface area contributed by atoms with E-state index in [0.717, 1.165) is 5.56 Å². The van der Waals surface area contributed by atoms with E-state index in [-0.39, 0.29) is 18.9 Å². The first-order valence-corrected chi connectivity index (χ1v) is 6.42. The van der Waals surface area contributed by atoms with Gasteiger partial charge in [0, 0.05) is 12.1 Å². The summed E-state index contributed by atoms with van der Waals surface area (Å²) in [5, 5.41) is 9.80. The number of nitrogens with two attached hydrogens (primary N) is 1. The normalized spacial score (nSPS) is 11.9. The molecule has 0 unspecified atom stereocenters. The van der Waals surface area contributed by atoms with Gasteiger partial charge in [-0.3, -0.25) is 4.79 Å². The number of esters is 1. The van der Waals surface area contributed by atoms with Crippen molar-refractivity contribution in [3.8, 4) is 5.75 Å². The molecule has 0 aliphatic carbocycles. The lowest BCUT2D eigenvalue weighted by molar-refractivity contribution is -0.133. The van der Waals surface area contributed by atoms with Crippen molar-refractivity contribution in [3.63, 3.8) is 0 Å². The van der Waals surface area contributed by atoms with E-state index < -0.39 is 6.10 Å². The van der Waals surface area contributed by atoms with Crippen LogP contribution < -0.4 is 10.5 Å². The van der Waals surface area contributed by atoms with Crippen LogP contribution in [0.5, 0.6) is 5.75 Å². The van der Waals surface area contributed by atoms with Gasteiger partial charge in [0.1, 0.15) is 5.75 Å². The highest BCUT2D eigenvalue weighted by atomic mass is 16.5. The molecule has 0 aliphatic rings. The first-order chi connectivity index (χ1) is 9.70. The molecule has 0 heterocycles. The molecule has 0 saturated carbocycles. The fourth-order valence-corrected chi connectivity index (χ4v) is 1.90. The number of aliphatic hydroxyl groups is 1. The van der Waals surface area contributed by atoms with Gasteiger partial charge >= 0.3 is 5.97 Å². The summed E-state index contributed by atoms with van der Waals surface area (Å²) in [6.07, 6.45) is -0.649. The Labute approximate surface area is 117 Å². The first kappa shape index (κ1) is 14.2. The van der Waals surface area contributed by atoms with Gasteiger partial charge in [-0.05, 0) is 11.6 Å². The van der Waals surface area contributed by atoms with Crippen LogP contribution in [0.2, 0.25) is 0 Å². The van der Waals surface area contributed by atoms with Crippen LogP contribution in [0.1, 0.15) is 17.2 Å². The lowest BCUT2D eigenvalue weighted by Gasteiger charge is -2.13. The van der Waals surface area contributed by atoms with Crippen molar-refractivity contribution >= 4 is 5.97 Å². The Morgan fingerprint density at radius 1 is 1.10 bits per heavy atom. The number of carbonyl (C=O) groups is 1. The van der Waals surface area contributed by atoms with Crippen molar-refractivity contribution in [1.29, 1.82) is 0 Å². The Bertz CT molecular complexity index is 569. The van der Waals surface area contributed by atoms with Crippen LogP contribution in [-0.2, 0) is 11.2 Å². The zero-order valence-corrected chi connectivity index (χ0v) is 11.0. The number of hydrogen-bond acceptors (Lipinski definition) is 4. The van der Waals surface area contributed by atoms with Gasteiger partial charge in [-0.1, -0.05) is 48.5 Å². The number of rotatable bonds is 5. The molecule has 0 aliphatic heterocycles. The number of benzene rings is 2. The Morgan fingerprint density at radius 2 is 1.75 bits per heavy atom. The van der Waals surface area contributed by atoms with Crippen molar-refractivity contribution in [2.24, 2.45) is 5.73 Å². The summed E-state index contributed by atoms with van der Waals surface area (Å²) >= 11 is 0. The summed E-state index contributed by atoms with van der Waals surface area (Å²) in [6, 6.07) is 16.2. The van der Waals surface area contributed by atoms with Gasteiger partial charge in [-0.25, -0.2) is 0 Å². The summed E-state index contributed by atoms with van der Waals surface area (Å²) < 4.78 is 5.32. The van der Waals surface area contributed by atoms with E-state index in [1.54, 1.807) is 24.3 Å². The van der Waals surface area contributed by atoms with Gasteiger partial charge in [0.05, 0.1) is 12.5 Å². The van der Waals surface area contributed by atoms with Crippen molar-refractivity contribution in [2.75, 3.05) is 6.54 Å². The standard InChI is InChI=1S/C16H17NO3/c17-11-14(18)13-8-4-5-9-15(13)20-16(19)10-12-6-2-1-3-7-12/h1-9,14,18H,10-11,17H2/t14-/m0/s1. The fraction of sp³-hybridized carbons (Fsp3) is 0.188. The average molecular weight is 271 g/mol. The molecule has 3 N–H and O–H groups in total. The molecule has 4 nitrogen and oxygen atoms in total. The minimum atomic E-state index is -0.837. The summed E-state index contributed by atoms with van der Waals surface area (Å²) in [5.41, 5.74) is 6.84. The molecule has 2 aromatic carbocycles. The quantitative estimate of drug-likeness (QED) is 0.643. The van der Waals surface area contributed by atoms with Gasteiger partial charge in [0.15, 0.2) is 0 Å². The van der Waals surface area contributed by atoms with Crippen LogP contribution in [0.15, 0.2) is 54.6 Å². The van der Waals surface area contributed by atoms with Gasteiger partial charge < -0.3 is 15.6 Å². The van der Waals surface area contributed by atoms with Crippen molar-refractivity contribution in [1.82, 2.24) is 0 Å². The molecule has 4 heteroatoms. The van der Waals surface area contributed by atoms with E-state index in [0.29, 0.717) is 11.3 Å². The SMILES string of the molecule is NC[C@H](O)c1ccccc1OC(=O)Cc1ccccc1. The van der Waals surface area contributed by atoms with Crippen LogP contribution in [-0.4, -0.2) is 17.6 Å². The van der Waals surface area contributed by atoms with Gasteiger partial charge in [0.2, 0.25) is 0 Å². The highest BCUT2D eigenvalue weighted by Crippen LogP contribution is 2.24. The molecule has 2 rings (SSSR count). The zero-order valence-electron chi connectivity index (χ0n) is 11.0. The highest BCUT2D eigenvalue weighted by Gasteiger charge is 2.14. The van der Waals surface area contributed by atoms with Gasteiger partial charge in [0.25, 0.3) is 0 Å². The number of para-hydroxylation sites is 1. The average Bonchev–Trinajstić information content (AvgIpc) is 2.48. The molecule has 0 aromatic heterocycles. The van der Waals surface area contributed by atoms with E-state index in [4.69, 9.17) is 10.5 Å². The number of ether oxygens (including phenoxy) is 1. The third kappa shape index (κ3) is 3.66. The van der Waals surface area contributed by atoms with Gasteiger partial charge in [-0.2, -0.15) is 0 Å². The van der Waals surface area contributed by atoms with Crippen LogP contribution in [0, 0.1) is 0 Å². The largest absolute Gasteiger partial charge is 0.426 e. The molecule has 0 spiro atoms. The maximum Gasteiger partial charge on any atom is 0.315 e. The van der Waals surface area contributed by atoms with Crippen LogP contribution in [0.25, 0.3) is 0 Å². The second-order valence-electron chi connectivity index (χ2n) is 4.43. The molecule has 104 valence electrons. The molecule has 0 radical (unpaired) electrons. The van der Waals surface area contributed by atoms with Crippen LogP contribution in [0.4, 0.5) is 0 Å². The number of aliphatic hydroxyl groups excluding tert-OH is 1. The Morgan fingerprint density at radius 3 is 2.45 bits per heavy atom. The third-order valence-electron chi connectivity index (χ3n) is 2.92. The Hall–Kier alpha value is -2.17. The Balaban J connectivity index is 2.08. The lowest BCUT2D eigenvalue weighted by atomic mass is 10.1. The summed E-state index contributed by atoms with van der Waals surface area (Å²) in [6.45, 7) is 0.0766. The van der Waals surface area contributed by atoms with E-state index in [9.17, 15) is 9.90 Å². The molecule has 0 bridgehead atoms. The predicted molar refractivity (Wildman–Crippen MR) is 76.2 cm³/mol. The third-order valence-corrected chi connectivity index (χ3v) is 2.92. The van der Waals surface area contributed by atoms with Gasteiger partial charge in [-0.15, -0.1) is 0 Å². The van der Waals surface area contributed by atoms with E-state index in [2.05, 4.69) is 0 Å². The van der Waals surface area contributed by atoms with Crippen molar-refractivity contribution in [3.05, 3.63) is 65.7 Å². The lowest BCUT2D eigenvalue weighted by Crippen LogP contribution is -2.16.